The van der Waals surface area contributed by atoms with Crippen LogP contribution in [0.1, 0.15) is 5.56 Å². The summed E-state index contributed by atoms with van der Waals surface area (Å²) in [7, 11) is 0. The molecule has 4 nitrogen and oxygen atoms in total. The van der Waals surface area contributed by atoms with Gasteiger partial charge >= 0.3 is 0 Å². The highest BCUT2D eigenvalue weighted by molar-refractivity contribution is 6.31. The first kappa shape index (κ1) is 14.3. The molecular formula is C17H13ClN4. The molecule has 108 valence electrons. The van der Waals surface area contributed by atoms with Gasteiger partial charge in [-0.1, -0.05) is 41.0 Å². The van der Waals surface area contributed by atoms with Crippen molar-refractivity contribution in [1.82, 2.24) is 0 Å². The molecule has 22 heavy (non-hydrogen) atoms. The first-order valence-electron chi connectivity index (χ1n) is 6.74. The van der Waals surface area contributed by atoms with Crippen LogP contribution in [0.5, 0.6) is 0 Å². The lowest BCUT2D eigenvalue weighted by molar-refractivity contribution is 1.41. The zero-order valence-corrected chi connectivity index (χ0v) is 12.7. The largest absolute Gasteiger partial charge is 0.398 e. The van der Waals surface area contributed by atoms with Crippen molar-refractivity contribution in [3.05, 3.63) is 69.6 Å². The maximum Gasteiger partial charge on any atom is 0.0607 e. The van der Waals surface area contributed by atoms with Crippen molar-refractivity contribution in [2.45, 2.75) is 6.92 Å². The van der Waals surface area contributed by atoms with Gasteiger partial charge in [-0.3, -0.25) is 0 Å². The minimum Gasteiger partial charge on any atom is -0.398 e. The number of azide groups is 1. The first-order valence-corrected chi connectivity index (χ1v) is 7.12. The maximum atomic E-state index is 8.58. The minimum atomic E-state index is 0.451. The van der Waals surface area contributed by atoms with Crippen LogP contribution in [0.3, 0.4) is 0 Å². The zero-order valence-electron chi connectivity index (χ0n) is 11.9. The average molecular weight is 309 g/mol. The van der Waals surface area contributed by atoms with Crippen molar-refractivity contribution in [2.75, 3.05) is 5.73 Å². The van der Waals surface area contributed by atoms with E-state index in [1.807, 2.05) is 49.4 Å². The second-order valence-electron chi connectivity index (χ2n) is 5.09. The molecule has 0 saturated heterocycles. The number of aryl methyl sites for hydroxylation is 1. The van der Waals surface area contributed by atoms with Crippen LogP contribution >= 0.6 is 11.6 Å². The lowest BCUT2D eigenvalue weighted by Crippen LogP contribution is -1.91. The highest BCUT2D eigenvalue weighted by atomic mass is 35.5. The van der Waals surface area contributed by atoms with Crippen LogP contribution in [0.25, 0.3) is 32.3 Å². The molecule has 0 aliphatic carbocycles. The van der Waals surface area contributed by atoms with E-state index < -0.39 is 0 Å². The van der Waals surface area contributed by atoms with E-state index in [1.54, 1.807) is 6.07 Å². The number of rotatable bonds is 2. The summed E-state index contributed by atoms with van der Waals surface area (Å²) in [6, 6.07) is 15.5. The Morgan fingerprint density at radius 3 is 2.68 bits per heavy atom. The van der Waals surface area contributed by atoms with Gasteiger partial charge in [-0.15, -0.1) is 0 Å². The minimum absolute atomic E-state index is 0.451. The number of nitrogen functional groups attached to an aromatic ring is 1. The van der Waals surface area contributed by atoms with Gasteiger partial charge in [0.15, 0.2) is 0 Å². The van der Waals surface area contributed by atoms with Gasteiger partial charge in [-0.25, -0.2) is 0 Å². The van der Waals surface area contributed by atoms with E-state index in [9.17, 15) is 0 Å². The molecule has 3 aromatic rings. The summed E-state index contributed by atoms with van der Waals surface area (Å²) in [5.41, 5.74) is 18.6. The number of fused-ring (bicyclic) bond motifs is 1. The van der Waals surface area contributed by atoms with Gasteiger partial charge in [0, 0.05) is 15.6 Å². The van der Waals surface area contributed by atoms with Crippen molar-refractivity contribution in [3.63, 3.8) is 0 Å². The topological polar surface area (TPSA) is 74.8 Å². The third kappa shape index (κ3) is 2.46. The number of nitrogens with two attached hydrogens (primary N) is 1. The standard InChI is InChI=1S/C17H13ClN4/c1-10-7-17(21-22-20)16(19)9-15(10)14-4-2-3-11-8-12(18)5-6-13(11)14/h2-9H,19H2,1H3. The quantitative estimate of drug-likeness (QED) is 0.268. The molecule has 0 spiro atoms. The highest BCUT2D eigenvalue weighted by Crippen LogP contribution is 2.36. The van der Waals surface area contributed by atoms with Crippen molar-refractivity contribution < 1.29 is 0 Å². The SMILES string of the molecule is Cc1cc(N=[N+]=[N-])c(N)cc1-c1cccc2cc(Cl)ccc12. The summed E-state index contributed by atoms with van der Waals surface area (Å²) in [6.07, 6.45) is 0. The van der Waals surface area contributed by atoms with Gasteiger partial charge in [0.1, 0.15) is 0 Å². The van der Waals surface area contributed by atoms with E-state index in [0.717, 1.165) is 27.5 Å². The second kappa shape index (κ2) is 5.60. The van der Waals surface area contributed by atoms with Crippen LogP contribution in [0.15, 0.2) is 53.6 Å². The molecular weight excluding hydrogens is 296 g/mol. The van der Waals surface area contributed by atoms with E-state index in [0.29, 0.717) is 16.4 Å². The second-order valence-corrected chi connectivity index (χ2v) is 5.52. The number of anilines is 1. The summed E-state index contributed by atoms with van der Waals surface area (Å²) in [5.74, 6) is 0. The van der Waals surface area contributed by atoms with Crippen LogP contribution in [0, 0.1) is 6.92 Å². The molecule has 0 aliphatic rings. The van der Waals surface area contributed by atoms with Gasteiger partial charge in [0.2, 0.25) is 0 Å². The van der Waals surface area contributed by atoms with Crippen LogP contribution in [-0.4, -0.2) is 0 Å². The van der Waals surface area contributed by atoms with Crippen LogP contribution in [-0.2, 0) is 0 Å². The fourth-order valence-corrected chi connectivity index (χ4v) is 2.80. The predicted molar refractivity (Wildman–Crippen MR) is 92.3 cm³/mol. The molecule has 0 bridgehead atoms. The molecule has 3 aromatic carbocycles. The van der Waals surface area contributed by atoms with Crippen molar-refractivity contribution in [3.8, 4) is 11.1 Å². The molecule has 3 rings (SSSR count). The Bertz CT molecular complexity index is 927. The lowest BCUT2D eigenvalue weighted by atomic mass is 9.94. The molecule has 0 amide bonds. The Morgan fingerprint density at radius 1 is 1.09 bits per heavy atom. The van der Waals surface area contributed by atoms with Crippen molar-refractivity contribution in [2.24, 2.45) is 5.11 Å². The van der Waals surface area contributed by atoms with E-state index in [-0.39, 0.29) is 0 Å². The molecule has 2 N–H and O–H groups in total. The summed E-state index contributed by atoms with van der Waals surface area (Å²) in [6.45, 7) is 1.97. The van der Waals surface area contributed by atoms with Crippen molar-refractivity contribution >= 4 is 33.7 Å². The molecule has 0 radical (unpaired) electrons. The van der Waals surface area contributed by atoms with Gasteiger partial charge in [-0.2, -0.15) is 0 Å². The number of nitrogens with zero attached hydrogens (tertiary/aromatic N) is 3. The molecule has 0 aromatic heterocycles. The van der Waals surface area contributed by atoms with Gasteiger partial charge in [0.05, 0.1) is 5.69 Å². The third-order valence-corrected chi connectivity index (χ3v) is 3.89. The average Bonchev–Trinajstić information content (AvgIpc) is 2.50. The Balaban J connectivity index is 2.28. The lowest BCUT2D eigenvalue weighted by Gasteiger charge is -2.12. The Labute approximate surface area is 132 Å². The molecule has 0 heterocycles. The Hall–Kier alpha value is -2.68. The summed E-state index contributed by atoms with van der Waals surface area (Å²) in [5, 5.41) is 6.50. The number of hydrogen-bond donors (Lipinski definition) is 1. The van der Waals surface area contributed by atoms with E-state index >= 15 is 0 Å². The molecule has 0 fully saturated rings. The normalized spacial score (nSPS) is 10.5. The van der Waals surface area contributed by atoms with E-state index in [2.05, 4.69) is 10.0 Å². The van der Waals surface area contributed by atoms with E-state index in [1.165, 1.54) is 0 Å². The Morgan fingerprint density at radius 2 is 1.91 bits per heavy atom. The number of benzene rings is 3. The molecule has 0 saturated carbocycles. The van der Waals surface area contributed by atoms with Crippen LogP contribution in [0.4, 0.5) is 11.4 Å². The molecule has 0 aliphatic heterocycles. The fraction of sp³-hybridized carbons (Fsp3) is 0.0588. The van der Waals surface area contributed by atoms with Gasteiger partial charge < -0.3 is 5.73 Å². The summed E-state index contributed by atoms with van der Waals surface area (Å²) >= 11 is 6.06. The zero-order chi connectivity index (χ0) is 15.7. The van der Waals surface area contributed by atoms with Gasteiger partial charge in [0.25, 0.3) is 0 Å². The van der Waals surface area contributed by atoms with Gasteiger partial charge in [-0.05, 0) is 64.2 Å². The molecule has 5 heteroatoms. The molecule has 0 unspecified atom stereocenters. The van der Waals surface area contributed by atoms with Crippen LogP contribution in [0.2, 0.25) is 5.02 Å². The maximum absolute atomic E-state index is 8.58. The summed E-state index contributed by atoms with van der Waals surface area (Å²) < 4.78 is 0. The predicted octanol–water partition coefficient (Wildman–Crippen LogP) is 5.99. The first-order chi connectivity index (χ1) is 10.6. The highest BCUT2D eigenvalue weighted by Gasteiger charge is 2.09. The fourth-order valence-electron chi connectivity index (χ4n) is 2.62. The monoisotopic (exact) mass is 308 g/mol. The number of hydrogen-bond acceptors (Lipinski definition) is 2. The summed E-state index contributed by atoms with van der Waals surface area (Å²) in [4.78, 5) is 2.80. The van der Waals surface area contributed by atoms with Crippen molar-refractivity contribution in [1.29, 1.82) is 0 Å². The van der Waals surface area contributed by atoms with Crippen LogP contribution < -0.4 is 5.73 Å². The molecule has 0 atom stereocenters. The van der Waals surface area contributed by atoms with E-state index in [4.69, 9.17) is 22.9 Å². The smallest absolute Gasteiger partial charge is 0.0607 e. The number of halogens is 1. The third-order valence-electron chi connectivity index (χ3n) is 3.66. The Kier molecular flexibility index (Phi) is 3.63.